The van der Waals surface area contributed by atoms with Crippen LogP contribution in [-0.4, -0.2) is 67.2 Å². The van der Waals surface area contributed by atoms with Crippen LogP contribution in [-0.2, 0) is 24.3 Å². The van der Waals surface area contributed by atoms with Gasteiger partial charge in [0.1, 0.15) is 23.8 Å². The molecule has 0 radical (unpaired) electrons. The number of aromatic hydroxyl groups is 1. The molecule has 7 rings (SSSR count). The zero-order valence-electron chi connectivity index (χ0n) is 25.1. The largest absolute Gasteiger partial charge is 0.505 e. The van der Waals surface area contributed by atoms with Crippen molar-refractivity contribution >= 4 is 40.0 Å². The molecule has 2 fully saturated rings. The van der Waals surface area contributed by atoms with Crippen molar-refractivity contribution in [2.75, 3.05) is 36.4 Å². The van der Waals surface area contributed by atoms with Gasteiger partial charge in [0, 0.05) is 68.6 Å². The molecule has 1 aliphatic carbocycles. The predicted octanol–water partition coefficient (Wildman–Crippen LogP) is 4.71. The topological polar surface area (TPSA) is 109 Å². The van der Waals surface area contributed by atoms with Crippen molar-refractivity contribution in [3.63, 3.8) is 0 Å². The van der Waals surface area contributed by atoms with Crippen molar-refractivity contribution in [2.24, 2.45) is 5.92 Å². The summed E-state index contributed by atoms with van der Waals surface area (Å²) in [4.78, 5) is 41.0. The lowest BCUT2D eigenvalue weighted by atomic mass is 10.0. The van der Waals surface area contributed by atoms with Crippen LogP contribution in [0.4, 0.5) is 20.3 Å². The molecule has 2 aliphatic heterocycles. The number of nitrogens with zero attached hydrogens (tertiary/aromatic N) is 6. The molecule has 1 amide bonds. The number of halogens is 3. The minimum Gasteiger partial charge on any atom is -0.505 e. The number of hydrogen-bond acceptors (Lipinski definition) is 7. The number of carbonyl (C=O) groups is 1. The van der Waals surface area contributed by atoms with Gasteiger partial charge in [-0.25, -0.2) is 14.4 Å². The normalized spacial score (nSPS) is 18.5. The second-order valence-electron chi connectivity index (χ2n) is 12.5. The average molecular weight is 638 g/mol. The Hall–Kier alpha value is -4.03. The molecule has 10 nitrogen and oxygen atoms in total. The molecule has 0 spiro atoms. The third-order valence-electron chi connectivity index (χ3n) is 9.15. The van der Waals surface area contributed by atoms with Gasteiger partial charge in [0.15, 0.2) is 11.6 Å². The number of amides is 1. The highest BCUT2D eigenvalue weighted by Gasteiger charge is 2.30. The number of pyridine rings is 1. The summed E-state index contributed by atoms with van der Waals surface area (Å²) in [5.41, 5.74) is 0.211. The first kappa shape index (κ1) is 29.7. The molecule has 4 aromatic rings. The summed E-state index contributed by atoms with van der Waals surface area (Å²) in [5.74, 6) is -1.82. The van der Waals surface area contributed by atoms with Gasteiger partial charge in [-0.2, -0.15) is 4.39 Å². The molecular weight excluding hydrogens is 604 g/mol. The molecule has 2 N–H and O–H groups in total. The van der Waals surface area contributed by atoms with Crippen LogP contribution in [0, 0.1) is 24.5 Å². The summed E-state index contributed by atoms with van der Waals surface area (Å²) in [6.07, 6.45) is 6.90. The molecular formula is C32H34ClF2N7O3. The van der Waals surface area contributed by atoms with Gasteiger partial charge in [-0.05, 0) is 50.7 Å². The van der Waals surface area contributed by atoms with Crippen molar-refractivity contribution in [3.05, 3.63) is 62.9 Å². The summed E-state index contributed by atoms with van der Waals surface area (Å²) in [7, 11) is 0. The maximum Gasteiger partial charge on any atom is 0.263 e. The van der Waals surface area contributed by atoms with E-state index in [-0.39, 0.29) is 50.9 Å². The molecule has 1 aromatic carbocycles. The van der Waals surface area contributed by atoms with Crippen LogP contribution in [0.25, 0.3) is 22.2 Å². The Labute approximate surface area is 263 Å². The van der Waals surface area contributed by atoms with E-state index < -0.39 is 23.3 Å². The van der Waals surface area contributed by atoms with Gasteiger partial charge in [0.05, 0.1) is 22.3 Å². The van der Waals surface area contributed by atoms with Crippen LogP contribution in [0.3, 0.4) is 0 Å². The van der Waals surface area contributed by atoms with Crippen LogP contribution >= 0.6 is 11.6 Å². The quantitative estimate of drug-likeness (QED) is 0.302. The maximum atomic E-state index is 15.2. The summed E-state index contributed by atoms with van der Waals surface area (Å²) in [5, 5.41) is 13.2. The summed E-state index contributed by atoms with van der Waals surface area (Å²) in [6.45, 7) is 7.64. The van der Waals surface area contributed by atoms with Crippen LogP contribution in [0.1, 0.15) is 37.6 Å². The first-order valence-electron chi connectivity index (χ1n) is 15.3. The van der Waals surface area contributed by atoms with Gasteiger partial charge >= 0.3 is 0 Å². The molecule has 0 unspecified atom stereocenters. The van der Waals surface area contributed by atoms with Crippen LogP contribution in [0.5, 0.6) is 5.75 Å². The fourth-order valence-corrected chi connectivity index (χ4v) is 6.77. The summed E-state index contributed by atoms with van der Waals surface area (Å²) >= 11 is 6.46. The van der Waals surface area contributed by atoms with Crippen molar-refractivity contribution < 1.29 is 18.7 Å². The standard InChI is InChI=1S/C32H34ClF2N7O3/c1-17-10-20(28(34)29(35)30(17)44)21-15-40(31-27(21)32(45)42-7-3-4-24(42)38-31)16-26(43)37-23-11-25(36-12-22(23)33)41-9-8-39(13-18(41)2)14-19-5-6-19/h10-12,15,18-19,44H,3-9,13-14,16H2,1-2H3,(H,36,37,43)/t18-/m0/s1. The van der Waals surface area contributed by atoms with Gasteiger partial charge in [-0.1, -0.05) is 11.6 Å². The molecule has 0 bridgehead atoms. The van der Waals surface area contributed by atoms with Gasteiger partial charge < -0.3 is 19.9 Å². The Bertz CT molecular complexity index is 1900. The van der Waals surface area contributed by atoms with E-state index in [2.05, 4.69) is 32.0 Å². The summed E-state index contributed by atoms with van der Waals surface area (Å²) < 4.78 is 32.8. The Morgan fingerprint density at radius 2 is 1.96 bits per heavy atom. The third-order valence-corrected chi connectivity index (χ3v) is 9.45. The lowest BCUT2D eigenvalue weighted by Gasteiger charge is -2.40. The molecule has 13 heteroatoms. The number of nitrogens with one attached hydrogen (secondary N) is 1. The van der Waals surface area contributed by atoms with Gasteiger partial charge in [0.2, 0.25) is 11.7 Å². The highest BCUT2D eigenvalue weighted by atomic mass is 35.5. The van der Waals surface area contributed by atoms with Gasteiger partial charge in [-0.15, -0.1) is 0 Å². The number of phenolic OH excluding ortho intramolecular Hbond substituents is 1. The number of piperazine rings is 1. The minimum atomic E-state index is -1.40. The number of rotatable bonds is 7. The summed E-state index contributed by atoms with van der Waals surface area (Å²) in [6, 6.07) is 3.29. The molecule has 3 aliphatic rings. The monoisotopic (exact) mass is 637 g/mol. The molecule has 3 aromatic heterocycles. The number of benzene rings is 1. The van der Waals surface area contributed by atoms with Crippen molar-refractivity contribution in [2.45, 2.75) is 58.7 Å². The third kappa shape index (κ3) is 5.43. The number of anilines is 2. The second kappa shape index (κ2) is 11.4. The van der Waals surface area contributed by atoms with E-state index in [1.54, 1.807) is 6.07 Å². The Morgan fingerprint density at radius 1 is 1.16 bits per heavy atom. The molecule has 5 heterocycles. The highest BCUT2D eigenvalue weighted by Crippen LogP contribution is 2.36. The molecule has 1 saturated heterocycles. The maximum absolute atomic E-state index is 15.2. The zero-order valence-corrected chi connectivity index (χ0v) is 25.9. The minimum absolute atomic E-state index is 0.0795. The van der Waals surface area contributed by atoms with E-state index in [1.165, 1.54) is 47.4 Å². The SMILES string of the molecule is Cc1cc(-c2cn(CC(=O)Nc3cc(N4CCN(CC5CC5)C[C@@H]4C)ncc3Cl)c3nc4n(c(=O)c23)CCC4)c(F)c(F)c1O. The zero-order chi connectivity index (χ0) is 31.6. The van der Waals surface area contributed by atoms with E-state index in [0.29, 0.717) is 30.3 Å². The van der Waals surface area contributed by atoms with Crippen LogP contribution in [0.2, 0.25) is 5.02 Å². The van der Waals surface area contributed by atoms with Crippen molar-refractivity contribution in [1.82, 2.24) is 24.0 Å². The van der Waals surface area contributed by atoms with Crippen molar-refractivity contribution in [3.8, 4) is 16.9 Å². The smallest absolute Gasteiger partial charge is 0.263 e. The van der Waals surface area contributed by atoms with E-state index in [9.17, 15) is 19.1 Å². The first-order valence-corrected chi connectivity index (χ1v) is 15.7. The number of aromatic nitrogens is 4. The van der Waals surface area contributed by atoms with E-state index in [1.807, 2.05) is 0 Å². The number of hydrogen-bond donors (Lipinski definition) is 2. The fraction of sp³-hybridized carbons (Fsp3) is 0.438. The first-order chi connectivity index (χ1) is 21.6. The highest BCUT2D eigenvalue weighted by molar-refractivity contribution is 6.33. The number of phenols is 1. The molecule has 1 saturated carbocycles. The predicted molar refractivity (Wildman–Crippen MR) is 168 cm³/mol. The van der Waals surface area contributed by atoms with Gasteiger partial charge in [-0.3, -0.25) is 19.1 Å². The van der Waals surface area contributed by atoms with E-state index >= 15 is 4.39 Å². The lowest BCUT2D eigenvalue weighted by molar-refractivity contribution is -0.116. The average Bonchev–Trinajstić information content (AvgIpc) is 3.56. The number of fused-ring (bicyclic) bond motifs is 2. The number of aryl methyl sites for hydroxylation is 2. The fourth-order valence-electron chi connectivity index (χ4n) is 6.62. The van der Waals surface area contributed by atoms with Gasteiger partial charge in [0.25, 0.3) is 5.56 Å². The Balaban J connectivity index is 1.18. The Kier molecular flexibility index (Phi) is 7.52. The molecule has 236 valence electrons. The number of carbonyl (C=O) groups excluding carboxylic acids is 1. The van der Waals surface area contributed by atoms with Crippen molar-refractivity contribution in [1.29, 1.82) is 0 Å². The van der Waals surface area contributed by atoms with E-state index in [0.717, 1.165) is 38.5 Å². The molecule has 1 atom stereocenters. The Morgan fingerprint density at radius 3 is 2.71 bits per heavy atom. The van der Waals surface area contributed by atoms with Crippen LogP contribution < -0.4 is 15.8 Å². The second-order valence-corrected chi connectivity index (χ2v) is 12.9. The molecule has 45 heavy (non-hydrogen) atoms. The van der Waals surface area contributed by atoms with E-state index in [4.69, 9.17) is 11.6 Å². The van der Waals surface area contributed by atoms with Crippen LogP contribution in [0.15, 0.2) is 29.3 Å². The lowest BCUT2D eigenvalue weighted by Crippen LogP contribution is -2.52.